The van der Waals surface area contributed by atoms with Crippen molar-refractivity contribution < 1.29 is 95.3 Å². The zero-order valence-corrected chi connectivity index (χ0v) is 64.2. The number of carbonyl (C=O) groups excluding carboxylic acids is 1. The van der Waals surface area contributed by atoms with Crippen LogP contribution in [0.1, 0.15) is 96.9 Å². The van der Waals surface area contributed by atoms with Gasteiger partial charge in [-0.1, -0.05) is 52.3 Å². The van der Waals surface area contributed by atoms with E-state index in [2.05, 4.69) is 110 Å². The summed E-state index contributed by atoms with van der Waals surface area (Å²) >= 11 is 8.47. The minimum absolute atomic E-state index is 0.0897. The highest BCUT2D eigenvalue weighted by atomic mass is 32.1. The predicted molar refractivity (Wildman–Crippen MR) is 434 cm³/mol. The molecule has 14 unspecified atom stereocenters. The molecule has 0 amide bonds. The number of methoxy groups -OCH3 is 1. The van der Waals surface area contributed by atoms with Gasteiger partial charge >= 0.3 is 11.9 Å². The molecule has 5 rings (SSSR count). The first-order chi connectivity index (χ1) is 53.0. The fourth-order valence-corrected chi connectivity index (χ4v) is 11.2. The molecule has 612 valence electrons. The number of aromatic amines is 3. The Hall–Kier alpha value is -11.4. The molecule has 2 aromatic carbocycles. The quantitative estimate of drug-likeness (QED) is 0.00642. The standard InChI is InChI=1S/C70H100FN21O18S2/c1-8-33(4)57(69(109)110-7)92-66(106)51(30-112)90-68(108)56(32(2)3)91-64(104)47(21-37-26-79-43-16-15-38(71)22-41(37)43)86-60(100)45(17-18-52(72)94)85-63(103)49(24-54(96)97)88-62(102)46(20-36-25-78-42-13-10-9-12-40(36)42)83-53(95)28-80-58(98)34(5)82-61(101)48(23-39-27-76-31-81-39)87-59(99)44(14-11-19-77-70(74)75)84-65(105)50(29-111)89-67(107)55(73)35(6)93/h9-10,12-13,15-16,22,25-27,31-35,44-51,55-57,78-79,93,111-112H,8,11,14,17-21,23-24,28-30,73H2,1-7H3,(H2,72,94)(H,76,81)(H,80,98)(H,82,101)(H,83,95)(H,84,105)(H,85,103)(H,86,100)(H,87,99)(H,88,102)(H,89,107)(H,90,108)(H,91,104)(H,92,106)(H,96,97)(H4,74,75,77). The second kappa shape index (κ2) is 44.4. The van der Waals surface area contributed by atoms with E-state index in [0.29, 0.717) is 39.5 Å². The number of fused-ring (bicyclic) bond motifs is 2. The SMILES string of the molecule is CCC(C)C(N=C(O)C(CS)N=C(O)C(N=C(O)C(Cc1c[nH]c2ccc(F)cc12)N=C(O)C(CCC(=N)O)N=C(O)C(CC(=O)O)N=C(O)C(Cc1c[nH]c2ccccc12)N=C(O)CN=C(O)C(C)N=C(O)C(Cc1cnc[nH]1)N=C(O)C(CCCNC(=N)N)N=C(O)C(CS)N=C(O)C(N)C(C)O)C(C)C)C(=O)OC. The zero-order valence-electron chi connectivity index (χ0n) is 62.4. The van der Waals surface area contributed by atoms with Crippen molar-refractivity contribution in [2.45, 2.75) is 178 Å². The van der Waals surface area contributed by atoms with Crippen LogP contribution in [0.3, 0.4) is 0 Å². The van der Waals surface area contributed by atoms with Crippen LogP contribution in [0.15, 0.2) is 127 Å². The Bertz CT molecular complexity index is 4370. The van der Waals surface area contributed by atoms with E-state index in [4.69, 9.17) is 27.0 Å². The number of rotatable bonds is 46. The first-order valence-electron chi connectivity index (χ1n) is 35.2. The van der Waals surface area contributed by atoms with Gasteiger partial charge in [0.15, 0.2) is 17.9 Å². The number of benzene rings is 2. The summed E-state index contributed by atoms with van der Waals surface area (Å²) < 4.78 is 19.7. The number of hydrogen-bond acceptors (Lipinski definition) is 22. The van der Waals surface area contributed by atoms with E-state index in [0.717, 1.165) is 7.11 Å². The van der Waals surface area contributed by atoms with Gasteiger partial charge in [0.2, 0.25) is 70.8 Å². The van der Waals surface area contributed by atoms with E-state index >= 15 is 0 Å². The number of halogens is 1. The number of ether oxygens (including phenoxy) is 1. The van der Waals surface area contributed by atoms with Gasteiger partial charge in [0.05, 0.1) is 26.0 Å². The predicted octanol–water partition coefficient (Wildman–Crippen LogP) is 6.59. The smallest absolute Gasteiger partial charge is 0.330 e. The Morgan fingerprint density at radius 2 is 1.10 bits per heavy atom. The van der Waals surface area contributed by atoms with E-state index in [9.17, 15) is 90.6 Å². The molecule has 0 radical (unpaired) electrons. The summed E-state index contributed by atoms with van der Waals surface area (Å²) in [5.41, 5.74) is 13.4. The molecule has 0 aliphatic carbocycles. The van der Waals surface area contributed by atoms with Crippen LogP contribution in [0, 0.1) is 28.5 Å². The van der Waals surface area contributed by atoms with Crippen LogP contribution in [0.5, 0.6) is 0 Å². The maximum atomic E-state index is 14.8. The summed E-state index contributed by atoms with van der Waals surface area (Å²) in [4.78, 5) is 88.2. The minimum Gasteiger partial charge on any atom is -0.497 e. The number of imidazole rings is 1. The van der Waals surface area contributed by atoms with Gasteiger partial charge in [0, 0.05) is 89.8 Å². The molecule has 42 heteroatoms. The average Bonchev–Trinajstić information content (AvgIpc) is 1.15. The first kappa shape index (κ1) is 91.2. The molecule has 3 heterocycles. The molecule has 3 aromatic heterocycles. The second-order valence-electron chi connectivity index (χ2n) is 26.2. The maximum Gasteiger partial charge on any atom is 0.330 e. The van der Waals surface area contributed by atoms with Crippen molar-refractivity contribution in [2.24, 2.45) is 83.2 Å². The molecule has 0 fully saturated rings. The van der Waals surface area contributed by atoms with Crippen molar-refractivity contribution in [1.29, 1.82) is 10.8 Å². The van der Waals surface area contributed by atoms with Gasteiger partial charge in [0.25, 0.3) is 0 Å². The molecule has 112 heavy (non-hydrogen) atoms. The molecule has 0 saturated carbocycles. The van der Waals surface area contributed by atoms with E-state index in [1.807, 2.05) is 0 Å². The Kier molecular flexibility index (Phi) is 36.2. The normalized spacial score (nSPS) is 17.8. The zero-order chi connectivity index (χ0) is 83.2. The number of carboxylic acid groups (broad SMARTS) is 1. The number of aliphatic carboxylic acids is 1. The van der Waals surface area contributed by atoms with E-state index in [1.165, 1.54) is 50.8 Å². The molecular formula is C70H100FN21O18S2. The molecule has 0 aliphatic rings. The number of hydrogen-bond donors (Lipinski definition) is 25. The number of nitrogens with two attached hydrogens (primary N) is 2. The fourth-order valence-electron chi connectivity index (χ4n) is 10.7. The lowest BCUT2D eigenvalue weighted by Gasteiger charge is -2.21. The summed E-state index contributed by atoms with van der Waals surface area (Å²) in [6.07, 6.45) is 1.73. The monoisotopic (exact) mass is 1610 g/mol. The van der Waals surface area contributed by atoms with Crippen molar-refractivity contribution in [3.8, 4) is 0 Å². The van der Waals surface area contributed by atoms with Gasteiger partial charge in [0.1, 0.15) is 78.8 Å². The number of esters is 1. The molecule has 25 N–H and O–H groups in total. The summed E-state index contributed by atoms with van der Waals surface area (Å²) in [5, 5.41) is 187. The second-order valence-corrected chi connectivity index (χ2v) is 26.9. The molecule has 14 atom stereocenters. The number of nitrogens with one attached hydrogen (secondary N) is 6. The summed E-state index contributed by atoms with van der Waals surface area (Å²) in [7, 11) is 1.15. The summed E-state index contributed by atoms with van der Waals surface area (Å²) in [6, 6.07) is -7.64. The number of carboxylic acids is 1. The van der Waals surface area contributed by atoms with Gasteiger partial charge < -0.3 is 113 Å². The fraction of sp³-hybridized carbons (Fsp3) is 0.500. The third kappa shape index (κ3) is 28.2. The van der Waals surface area contributed by atoms with Crippen LogP contribution in [0.2, 0.25) is 0 Å². The van der Waals surface area contributed by atoms with E-state index in [-0.39, 0.29) is 55.3 Å². The van der Waals surface area contributed by atoms with Gasteiger partial charge in [-0.15, -0.1) is 0 Å². The number of para-hydroxylation sites is 1. The summed E-state index contributed by atoms with van der Waals surface area (Å²) in [5.74, 6) is -16.4. The van der Waals surface area contributed by atoms with Crippen LogP contribution in [0.25, 0.3) is 21.8 Å². The molecule has 0 aliphatic heterocycles. The topological polar surface area (TPSA) is 667 Å². The van der Waals surface area contributed by atoms with Crippen LogP contribution in [-0.2, 0) is 33.6 Å². The third-order valence-corrected chi connectivity index (χ3v) is 17.9. The first-order valence-corrected chi connectivity index (χ1v) is 36.5. The van der Waals surface area contributed by atoms with Crippen LogP contribution in [0.4, 0.5) is 4.39 Å². The van der Waals surface area contributed by atoms with E-state index in [1.54, 1.807) is 58.2 Å². The van der Waals surface area contributed by atoms with Crippen LogP contribution >= 0.6 is 25.3 Å². The molecule has 0 bridgehead atoms. The lowest BCUT2D eigenvalue weighted by molar-refractivity contribution is -0.143. The van der Waals surface area contributed by atoms with Crippen molar-refractivity contribution >= 4 is 142 Å². The summed E-state index contributed by atoms with van der Waals surface area (Å²) in [6.45, 7) is 8.47. The van der Waals surface area contributed by atoms with Crippen molar-refractivity contribution in [1.82, 2.24) is 25.3 Å². The number of aliphatic imine (C=N–C) groups is 12. The van der Waals surface area contributed by atoms with Gasteiger partial charge in [-0.2, -0.15) is 25.3 Å². The lowest BCUT2D eigenvalue weighted by Crippen LogP contribution is -2.41. The Labute approximate surface area is 653 Å². The highest BCUT2D eigenvalue weighted by Gasteiger charge is 2.33. The third-order valence-electron chi connectivity index (χ3n) is 17.2. The minimum atomic E-state index is -2.07. The largest absolute Gasteiger partial charge is 0.497 e. The molecule has 0 spiro atoms. The van der Waals surface area contributed by atoms with Gasteiger partial charge in [-0.25, -0.2) is 74.1 Å². The Morgan fingerprint density at radius 3 is 1.66 bits per heavy atom. The number of aliphatic hydroxyl groups excluding tert-OH is 14. The highest BCUT2D eigenvalue weighted by Crippen LogP contribution is 2.26. The number of aromatic nitrogens is 4. The van der Waals surface area contributed by atoms with Crippen LogP contribution < -0.4 is 16.8 Å². The molecule has 5 aromatic rings. The van der Waals surface area contributed by atoms with Crippen molar-refractivity contribution in [3.63, 3.8) is 0 Å². The number of H-pyrrole nitrogens is 3. The molecular weight excluding hydrogens is 1510 g/mol. The van der Waals surface area contributed by atoms with Gasteiger partial charge in [-0.05, 0) is 80.3 Å². The number of nitrogens with zero attached hydrogens (tertiary/aromatic N) is 13. The number of thiol groups is 2. The maximum absolute atomic E-state index is 14.8. The average molecular weight is 1610 g/mol. The van der Waals surface area contributed by atoms with E-state index < -0.39 is 217 Å². The lowest BCUT2D eigenvalue weighted by atomic mass is 10.00. The van der Waals surface area contributed by atoms with Gasteiger partial charge in [-0.3, -0.25) is 15.6 Å². The number of aliphatic hydroxyl groups is 14. The van der Waals surface area contributed by atoms with Crippen molar-refractivity contribution in [3.05, 3.63) is 90.0 Å². The Balaban J connectivity index is 1.58. The Morgan fingerprint density at radius 1 is 0.598 bits per heavy atom. The number of guanidine groups is 1. The van der Waals surface area contributed by atoms with Crippen molar-refractivity contribution in [2.75, 3.05) is 31.7 Å². The molecule has 39 nitrogen and oxygen atoms in total. The number of carbonyl (C=O) groups is 2. The van der Waals surface area contributed by atoms with Crippen LogP contribution in [-0.4, -0.2) is 301 Å². The highest BCUT2D eigenvalue weighted by molar-refractivity contribution is 7.80. The molecule has 0 saturated heterocycles.